The first-order valence-corrected chi connectivity index (χ1v) is 4.94. The van der Waals surface area contributed by atoms with Gasteiger partial charge in [0.15, 0.2) is 0 Å². The van der Waals surface area contributed by atoms with Gasteiger partial charge in [-0.25, -0.2) is 0 Å². The maximum absolute atomic E-state index is 8.36. The average molecular weight is 341 g/mol. The van der Waals surface area contributed by atoms with E-state index >= 15 is 0 Å². The summed E-state index contributed by atoms with van der Waals surface area (Å²) < 4.78 is 0. The van der Waals surface area contributed by atoms with Crippen molar-refractivity contribution in [1.29, 1.82) is 0 Å². The molecule has 0 saturated carbocycles. The maximum atomic E-state index is 8.36. The second-order valence-electron chi connectivity index (χ2n) is 4.15. The molecule has 0 unspecified atom stereocenters. The zero-order chi connectivity index (χ0) is 13.0. The van der Waals surface area contributed by atoms with E-state index in [9.17, 15) is 0 Å². The fourth-order valence-corrected chi connectivity index (χ4v) is 0.534. The Morgan fingerprint density at radius 2 is 1.45 bits per heavy atom. The molecular weight excluding hydrogens is 314 g/mol. The number of hydrogen-bond acceptors (Lipinski definition) is 3. The largest absolute Gasteiger partial charge is 1.00 e. The quantitative estimate of drug-likeness (QED) is 0.245. The zero-order valence-electron chi connectivity index (χ0n) is 13.7. The standard InChI is InChI=1S/C7H8.C4H12N2.CH2O2.2ClH.Na.H2O.H/c1-7-5-3-2-4-6-7;1-4(2,3)6-5;2-1-3;;;;;/h2-6H,1H3;6H,5H2,1-3H3;1H,(H,2,3);2*1H;;1H2;/q;;;;;+1;;-1. The van der Waals surface area contributed by atoms with Gasteiger partial charge in [-0.3, -0.25) is 16.1 Å². The predicted molar refractivity (Wildman–Crippen MR) is 86.2 cm³/mol. The monoisotopic (exact) mass is 340 g/mol. The molecule has 0 saturated heterocycles. The van der Waals surface area contributed by atoms with Crippen LogP contribution in [0.2, 0.25) is 0 Å². The number of nitrogens with one attached hydrogen (secondary N) is 1. The van der Waals surface area contributed by atoms with Gasteiger partial charge in [-0.05, 0) is 27.7 Å². The molecule has 0 heterocycles. The molecule has 0 aliphatic rings. The number of hydrazine groups is 1. The van der Waals surface area contributed by atoms with E-state index in [4.69, 9.17) is 15.7 Å². The van der Waals surface area contributed by atoms with Crippen LogP contribution in [0.1, 0.15) is 27.8 Å². The Kier molecular flexibility index (Phi) is 44.6. The summed E-state index contributed by atoms with van der Waals surface area (Å²) in [4.78, 5) is 8.36. The first-order chi connectivity index (χ1) is 7.37. The van der Waals surface area contributed by atoms with E-state index in [1.54, 1.807) is 0 Å². The predicted octanol–water partition coefficient (Wildman–Crippen LogP) is -0.921. The van der Waals surface area contributed by atoms with Gasteiger partial charge < -0.3 is 12.0 Å². The van der Waals surface area contributed by atoms with E-state index < -0.39 is 0 Å². The summed E-state index contributed by atoms with van der Waals surface area (Å²) in [6, 6.07) is 10.3. The smallest absolute Gasteiger partial charge is 1.00 e. The Bertz CT molecular complexity index is 279. The third kappa shape index (κ3) is 42.9. The van der Waals surface area contributed by atoms with Crippen molar-refractivity contribution in [1.82, 2.24) is 5.43 Å². The van der Waals surface area contributed by atoms with Crippen LogP contribution in [0, 0.1) is 6.92 Å². The molecule has 1 aromatic carbocycles. The Morgan fingerprint density at radius 1 is 1.20 bits per heavy atom. The number of hydrogen-bond donors (Lipinski definition) is 3. The second-order valence-corrected chi connectivity index (χ2v) is 4.15. The van der Waals surface area contributed by atoms with E-state index in [0.29, 0.717) is 0 Å². The van der Waals surface area contributed by atoms with Crippen molar-refractivity contribution in [2.24, 2.45) is 5.84 Å². The molecule has 0 amide bonds. The molecular formula is C12H27Cl2N2NaO3. The number of halogens is 2. The summed E-state index contributed by atoms with van der Waals surface area (Å²) in [5, 5.41) is 6.89. The van der Waals surface area contributed by atoms with E-state index in [1.807, 2.05) is 39.0 Å². The Hall–Kier alpha value is 0.150. The van der Waals surface area contributed by atoms with E-state index in [1.165, 1.54) is 5.56 Å². The summed E-state index contributed by atoms with van der Waals surface area (Å²) in [7, 11) is 0. The van der Waals surface area contributed by atoms with Crippen LogP contribution in [0.15, 0.2) is 30.3 Å². The van der Waals surface area contributed by atoms with Gasteiger partial charge in [0.25, 0.3) is 6.47 Å². The van der Waals surface area contributed by atoms with Crippen molar-refractivity contribution in [3.8, 4) is 0 Å². The van der Waals surface area contributed by atoms with Crippen LogP contribution in [0.4, 0.5) is 0 Å². The van der Waals surface area contributed by atoms with Gasteiger partial charge in [0.05, 0.1) is 0 Å². The van der Waals surface area contributed by atoms with Gasteiger partial charge in [0.2, 0.25) is 0 Å². The average Bonchev–Trinajstić information content (AvgIpc) is 2.20. The van der Waals surface area contributed by atoms with Crippen molar-refractivity contribution in [2.75, 3.05) is 0 Å². The van der Waals surface area contributed by atoms with Gasteiger partial charge in [-0.15, -0.1) is 24.8 Å². The third-order valence-corrected chi connectivity index (χ3v) is 1.37. The Balaban J connectivity index is -0.0000000264. The molecule has 0 aliphatic carbocycles. The van der Waals surface area contributed by atoms with Crippen LogP contribution in [0.3, 0.4) is 0 Å². The molecule has 6 N–H and O–H groups in total. The van der Waals surface area contributed by atoms with Crippen LogP contribution in [0.25, 0.3) is 0 Å². The molecule has 0 aliphatic heterocycles. The van der Waals surface area contributed by atoms with Gasteiger partial charge in [-0.1, -0.05) is 35.9 Å². The topological polar surface area (TPSA) is 107 Å². The number of nitrogens with two attached hydrogens (primary N) is 1. The fourth-order valence-electron chi connectivity index (χ4n) is 0.534. The molecule has 0 bridgehead atoms. The van der Waals surface area contributed by atoms with Crippen molar-refractivity contribution in [3.63, 3.8) is 0 Å². The van der Waals surface area contributed by atoms with Crippen LogP contribution in [0.5, 0.6) is 0 Å². The van der Waals surface area contributed by atoms with Crippen molar-refractivity contribution in [3.05, 3.63) is 35.9 Å². The molecule has 0 fully saturated rings. The summed E-state index contributed by atoms with van der Waals surface area (Å²) in [6.07, 6.45) is 0. The fraction of sp³-hybridized carbons (Fsp3) is 0.417. The second kappa shape index (κ2) is 24.2. The first-order valence-electron chi connectivity index (χ1n) is 4.94. The van der Waals surface area contributed by atoms with Crippen LogP contribution < -0.4 is 40.8 Å². The number of benzene rings is 1. The van der Waals surface area contributed by atoms with E-state index in [2.05, 4.69) is 24.5 Å². The SMILES string of the molecule is CC(C)(C)NN.Cc1ccccc1.Cl.Cl.O.O=CO.[H-].[Na+]. The Morgan fingerprint density at radius 3 is 1.55 bits per heavy atom. The van der Waals surface area contributed by atoms with E-state index in [-0.39, 0.29) is 73.3 Å². The van der Waals surface area contributed by atoms with Crippen LogP contribution in [-0.4, -0.2) is 22.6 Å². The molecule has 0 aromatic heterocycles. The van der Waals surface area contributed by atoms with Gasteiger partial charge in [0.1, 0.15) is 0 Å². The number of rotatable bonds is 0. The summed E-state index contributed by atoms with van der Waals surface area (Å²) >= 11 is 0. The zero-order valence-corrected chi connectivity index (χ0v) is 16.3. The summed E-state index contributed by atoms with van der Waals surface area (Å²) in [5.41, 5.74) is 4.00. The van der Waals surface area contributed by atoms with E-state index in [0.717, 1.165) is 0 Å². The summed E-state index contributed by atoms with van der Waals surface area (Å²) in [5.74, 6) is 5.06. The number of aryl methyl sites for hydroxylation is 1. The maximum Gasteiger partial charge on any atom is 1.00 e. The first kappa shape index (κ1) is 36.9. The third-order valence-electron chi connectivity index (χ3n) is 1.37. The minimum absolute atomic E-state index is 0. The normalized spacial score (nSPS) is 7.25. The van der Waals surface area contributed by atoms with Gasteiger partial charge >= 0.3 is 29.6 Å². The minimum atomic E-state index is -0.250. The van der Waals surface area contributed by atoms with Crippen molar-refractivity contribution in [2.45, 2.75) is 33.2 Å². The molecule has 20 heavy (non-hydrogen) atoms. The number of carboxylic acid groups (broad SMARTS) is 1. The molecule has 1 aromatic rings. The molecule has 5 nitrogen and oxygen atoms in total. The molecule has 8 heteroatoms. The number of carbonyl (C=O) groups is 1. The van der Waals surface area contributed by atoms with Crippen LogP contribution in [-0.2, 0) is 4.79 Å². The summed E-state index contributed by atoms with van der Waals surface area (Å²) in [6.45, 7) is 7.85. The molecule has 0 spiro atoms. The van der Waals surface area contributed by atoms with Crippen molar-refractivity contribution < 1.29 is 46.4 Å². The van der Waals surface area contributed by atoms with Gasteiger partial charge in [0, 0.05) is 5.54 Å². The molecule has 1 rings (SSSR count). The Labute approximate surface area is 157 Å². The molecule has 0 atom stereocenters. The van der Waals surface area contributed by atoms with Crippen LogP contribution >= 0.6 is 24.8 Å². The molecule has 118 valence electrons. The minimum Gasteiger partial charge on any atom is -1.00 e. The van der Waals surface area contributed by atoms with Crippen molar-refractivity contribution >= 4 is 31.3 Å². The van der Waals surface area contributed by atoms with Gasteiger partial charge in [-0.2, -0.15) is 0 Å². The molecule has 0 radical (unpaired) electrons.